The first-order chi connectivity index (χ1) is 11.0. The summed E-state index contributed by atoms with van der Waals surface area (Å²) in [5.74, 6) is 1.61. The van der Waals surface area contributed by atoms with E-state index in [1.807, 2.05) is 38.1 Å². The first kappa shape index (κ1) is 18.8. The van der Waals surface area contributed by atoms with Crippen molar-refractivity contribution in [3.63, 3.8) is 0 Å². The summed E-state index contributed by atoms with van der Waals surface area (Å²) in [6.45, 7) is 5.22. The zero-order valence-corrected chi connectivity index (χ0v) is 14.5. The highest BCUT2D eigenvalue weighted by atomic mass is 16.5. The van der Waals surface area contributed by atoms with Crippen molar-refractivity contribution in [1.29, 1.82) is 0 Å². The molecule has 0 aliphatic heterocycles. The van der Waals surface area contributed by atoms with Gasteiger partial charge in [0.2, 0.25) is 5.91 Å². The Morgan fingerprint density at radius 2 is 1.83 bits per heavy atom. The summed E-state index contributed by atoms with van der Waals surface area (Å²) in [6, 6.07) is 8.18. The molecular weight excluding hydrogens is 292 g/mol. The van der Waals surface area contributed by atoms with Crippen molar-refractivity contribution in [3.05, 3.63) is 29.8 Å². The average Bonchev–Trinajstić information content (AvgIpc) is 2.53. The Morgan fingerprint density at radius 1 is 1.17 bits per heavy atom. The van der Waals surface area contributed by atoms with E-state index in [4.69, 9.17) is 4.74 Å². The van der Waals surface area contributed by atoms with Gasteiger partial charge in [0, 0.05) is 32.6 Å². The summed E-state index contributed by atoms with van der Waals surface area (Å²) < 4.78 is 5.14. The lowest BCUT2D eigenvalue weighted by molar-refractivity contribution is -0.121. The number of aliphatic imine (C=N–C) groups is 1. The molecule has 0 aliphatic carbocycles. The second kappa shape index (κ2) is 10.5. The molecule has 0 atom stereocenters. The van der Waals surface area contributed by atoms with Crippen LogP contribution in [0.1, 0.15) is 25.8 Å². The normalized spacial score (nSPS) is 11.3. The standard InChI is InChI=1S/C17H28N4O2/c1-13(2)21-16(22)10-12-20-17(18-3)19-11-9-14-5-7-15(23-4)8-6-14/h5-8,13H,9-12H2,1-4H3,(H,21,22)(H2,18,19,20). The van der Waals surface area contributed by atoms with Gasteiger partial charge in [-0.05, 0) is 38.0 Å². The Balaban J connectivity index is 2.24. The smallest absolute Gasteiger partial charge is 0.221 e. The Labute approximate surface area is 138 Å². The Bertz CT molecular complexity index is 498. The number of rotatable bonds is 8. The van der Waals surface area contributed by atoms with E-state index < -0.39 is 0 Å². The van der Waals surface area contributed by atoms with Crippen molar-refractivity contribution < 1.29 is 9.53 Å². The number of amides is 1. The van der Waals surface area contributed by atoms with Crippen LogP contribution in [0.25, 0.3) is 0 Å². The third kappa shape index (κ3) is 8.09. The zero-order valence-electron chi connectivity index (χ0n) is 14.5. The van der Waals surface area contributed by atoms with Crippen LogP contribution < -0.4 is 20.7 Å². The summed E-state index contributed by atoms with van der Waals surface area (Å²) >= 11 is 0. The van der Waals surface area contributed by atoms with Gasteiger partial charge < -0.3 is 20.7 Å². The fourth-order valence-corrected chi connectivity index (χ4v) is 2.03. The molecule has 3 N–H and O–H groups in total. The molecule has 23 heavy (non-hydrogen) atoms. The van der Waals surface area contributed by atoms with E-state index in [-0.39, 0.29) is 11.9 Å². The highest BCUT2D eigenvalue weighted by Gasteiger charge is 2.04. The van der Waals surface area contributed by atoms with Crippen LogP contribution in [0.15, 0.2) is 29.3 Å². The molecule has 1 rings (SSSR count). The number of hydrogen-bond acceptors (Lipinski definition) is 3. The van der Waals surface area contributed by atoms with E-state index in [1.54, 1.807) is 14.2 Å². The van der Waals surface area contributed by atoms with Crippen LogP contribution in [-0.4, -0.2) is 45.2 Å². The monoisotopic (exact) mass is 320 g/mol. The Morgan fingerprint density at radius 3 is 2.39 bits per heavy atom. The van der Waals surface area contributed by atoms with Crippen LogP contribution in [0.5, 0.6) is 5.75 Å². The SMILES string of the molecule is CN=C(NCCC(=O)NC(C)C)NCCc1ccc(OC)cc1. The van der Waals surface area contributed by atoms with Gasteiger partial charge in [0.15, 0.2) is 5.96 Å². The fourth-order valence-electron chi connectivity index (χ4n) is 2.03. The summed E-state index contributed by atoms with van der Waals surface area (Å²) in [7, 11) is 3.38. The molecule has 0 bridgehead atoms. The van der Waals surface area contributed by atoms with Gasteiger partial charge in [-0.2, -0.15) is 0 Å². The molecule has 6 heteroatoms. The molecule has 0 fully saturated rings. The maximum Gasteiger partial charge on any atom is 0.221 e. The van der Waals surface area contributed by atoms with Gasteiger partial charge in [-0.3, -0.25) is 9.79 Å². The number of nitrogens with zero attached hydrogens (tertiary/aromatic N) is 1. The molecule has 0 aliphatic rings. The van der Waals surface area contributed by atoms with Crippen LogP contribution >= 0.6 is 0 Å². The van der Waals surface area contributed by atoms with E-state index in [1.165, 1.54) is 5.56 Å². The number of carbonyl (C=O) groups is 1. The maximum absolute atomic E-state index is 11.6. The molecular formula is C17H28N4O2. The molecule has 128 valence electrons. The maximum atomic E-state index is 11.6. The number of ether oxygens (including phenoxy) is 1. The average molecular weight is 320 g/mol. The third-order valence-electron chi connectivity index (χ3n) is 3.18. The largest absolute Gasteiger partial charge is 0.497 e. The van der Waals surface area contributed by atoms with Crippen molar-refractivity contribution in [2.75, 3.05) is 27.2 Å². The highest BCUT2D eigenvalue weighted by molar-refractivity contribution is 5.81. The van der Waals surface area contributed by atoms with Crippen LogP contribution in [0.3, 0.4) is 0 Å². The molecule has 0 radical (unpaired) electrons. The summed E-state index contributed by atoms with van der Waals surface area (Å²) in [6.07, 6.45) is 1.32. The molecule has 0 aromatic heterocycles. The van der Waals surface area contributed by atoms with Gasteiger partial charge >= 0.3 is 0 Å². The molecule has 0 saturated heterocycles. The summed E-state index contributed by atoms with van der Waals surface area (Å²) in [5.41, 5.74) is 1.23. The molecule has 6 nitrogen and oxygen atoms in total. The lowest BCUT2D eigenvalue weighted by atomic mass is 10.1. The van der Waals surface area contributed by atoms with Gasteiger partial charge in [0.1, 0.15) is 5.75 Å². The lowest BCUT2D eigenvalue weighted by Gasteiger charge is -2.13. The molecule has 0 heterocycles. The summed E-state index contributed by atoms with van der Waals surface area (Å²) in [4.78, 5) is 15.7. The molecule has 1 amide bonds. The number of benzene rings is 1. The van der Waals surface area contributed by atoms with Crippen molar-refractivity contribution in [3.8, 4) is 5.75 Å². The number of hydrogen-bond donors (Lipinski definition) is 3. The molecule has 0 unspecified atom stereocenters. The number of nitrogens with one attached hydrogen (secondary N) is 3. The number of guanidine groups is 1. The molecule has 1 aromatic carbocycles. The predicted molar refractivity (Wildman–Crippen MR) is 94.0 cm³/mol. The van der Waals surface area contributed by atoms with Crippen molar-refractivity contribution >= 4 is 11.9 Å². The highest BCUT2D eigenvalue weighted by Crippen LogP contribution is 2.11. The molecule has 1 aromatic rings. The van der Waals surface area contributed by atoms with Crippen molar-refractivity contribution in [2.45, 2.75) is 32.7 Å². The topological polar surface area (TPSA) is 74.8 Å². The lowest BCUT2D eigenvalue weighted by Crippen LogP contribution is -2.40. The van der Waals surface area contributed by atoms with Gasteiger partial charge in [-0.15, -0.1) is 0 Å². The van der Waals surface area contributed by atoms with Crippen LogP contribution in [0.4, 0.5) is 0 Å². The Hall–Kier alpha value is -2.24. The van der Waals surface area contributed by atoms with E-state index >= 15 is 0 Å². The minimum absolute atomic E-state index is 0.0428. The second-order valence-electron chi connectivity index (χ2n) is 5.50. The first-order valence-corrected chi connectivity index (χ1v) is 7.92. The first-order valence-electron chi connectivity index (χ1n) is 7.92. The van der Waals surface area contributed by atoms with Crippen LogP contribution in [0, 0.1) is 0 Å². The fraction of sp³-hybridized carbons (Fsp3) is 0.529. The van der Waals surface area contributed by atoms with Crippen LogP contribution in [-0.2, 0) is 11.2 Å². The van der Waals surface area contributed by atoms with Crippen molar-refractivity contribution in [2.24, 2.45) is 4.99 Å². The second-order valence-corrected chi connectivity index (χ2v) is 5.50. The predicted octanol–water partition coefficient (Wildman–Crippen LogP) is 1.32. The van der Waals surface area contributed by atoms with E-state index in [9.17, 15) is 4.79 Å². The number of methoxy groups -OCH3 is 1. The van der Waals surface area contributed by atoms with Crippen molar-refractivity contribution in [1.82, 2.24) is 16.0 Å². The van der Waals surface area contributed by atoms with Gasteiger partial charge in [-0.25, -0.2) is 0 Å². The molecule has 0 saturated carbocycles. The summed E-state index contributed by atoms with van der Waals surface area (Å²) in [5, 5.41) is 9.23. The van der Waals surface area contributed by atoms with E-state index in [0.717, 1.165) is 18.7 Å². The Kier molecular flexibility index (Phi) is 8.57. The molecule has 0 spiro atoms. The van der Waals surface area contributed by atoms with Gasteiger partial charge in [0.25, 0.3) is 0 Å². The number of carbonyl (C=O) groups excluding carboxylic acids is 1. The minimum atomic E-state index is 0.0428. The van der Waals surface area contributed by atoms with Gasteiger partial charge in [-0.1, -0.05) is 12.1 Å². The zero-order chi connectivity index (χ0) is 17.1. The minimum Gasteiger partial charge on any atom is -0.497 e. The third-order valence-corrected chi connectivity index (χ3v) is 3.18. The van der Waals surface area contributed by atoms with E-state index in [2.05, 4.69) is 20.9 Å². The quantitative estimate of drug-likeness (QED) is 0.499. The van der Waals surface area contributed by atoms with E-state index in [0.29, 0.717) is 18.9 Å². The van der Waals surface area contributed by atoms with Crippen LogP contribution in [0.2, 0.25) is 0 Å². The van der Waals surface area contributed by atoms with Gasteiger partial charge in [0.05, 0.1) is 7.11 Å².